The number of allylic oxidation sites excluding steroid dienone is 1. The maximum absolute atomic E-state index is 15.1. The quantitative estimate of drug-likeness (QED) is 0.157. The predicted molar refractivity (Wildman–Crippen MR) is 139 cm³/mol. The molecule has 1 saturated carbocycles. The van der Waals surface area contributed by atoms with Crippen molar-refractivity contribution in [2.45, 2.75) is 55.7 Å². The first kappa shape index (κ1) is 34.8. The number of halogens is 13. The van der Waals surface area contributed by atoms with E-state index in [-0.39, 0.29) is 40.1 Å². The zero-order valence-electron chi connectivity index (χ0n) is 21.3. The Labute approximate surface area is 252 Å². The fourth-order valence-electron chi connectivity index (χ4n) is 3.98. The van der Waals surface area contributed by atoms with E-state index in [0.717, 1.165) is 12.1 Å². The maximum Gasteiger partial charge on any atom is 0.417 e. The number of amides is 2. The average molecular weight is 688 g/mol. The van der Waals surface area contributed by atoms with Gasteiger partial charge < -0.3 is 10.6 Å². The summed E-state index contributed by atoms with van der Waals surface area (Å²) in [6.45, 7) is -0.405. The summed E-state index contributed by atoms with van der Waals surface area (Å²) in [5.74, 6) is -6.74. The molecule has 1 atom stereocenters. The molecule has 17 heteroatoms. The van der Waals surface area contributed by atoms with Crippen LogP contribution in [-0.4, -0.2) is 36.3 Å². The van der Waals surface area contributed by atoms with Gasteiger partial charge in [0.25, 0.3) is 5.91 Å². The predicted octanol–water partition coefficient (Wildman–Crippen LogP) is 9.04. The van der Waals surface area contributed by atoms with Crippen LogP contribution in [0.1, 0.15) is 58.6 Å². The summed E-state index contributed by atoms with van der Waals surface area (Å²) in [7, 11) is 0. The maximum atomic E-state index is 15.1. The highest BCUT2D eigenvalue weighted by Crippen LogP contribution is 2.43. The van der Waals surface area contributed by atoms with Gasteiger partial charge in [0.2, 0.25) is 5.91 Å². The minimum atomic E-state index is -5.29. The summed E-state index contributed by atoms with van der Waals surface area (Å²) in [5, 5.41) is 3.28. The van der Waals surface area contributed by atoms with Crippen molar-refractivity contribution in [1.29, 1.82) is 0 Å². The fourth-order valence-corrected chi connectivity index (χ4v) is 4.59. The van der Waals surface area contributed by atoms with Gasteiger partial charge in [0.1, 0.15) is 17.3 Å². The molecule has 0 radical (unpaired) electrons. The molecule has 0 heterocycles. The number of hydrogen-bond donors (Lipinski definition) is 2. The van der Waals surface area contributed by atoms with E-state index in [1.54, 1.807) is 0 Å². The van der Waals surface area contributed by atoms with E-state index < -0.39 is 89.3 Å². The lowest BCUT2D eigenvalue weighted by Gasteiger charge is -2.20. The van der Waals surface area contributed by atoms with Crippen LogP contribution in [0.4, 0.5) is 43.9 Å². The first-order valence-corrected chi connectivity index (χ1v) is 13.3. The van der Waals surface area contributed by atoms with E-state index in [0.29, 0.717) is 12.1 Å². The topological polar surface area (TPSA) is 58.2 Å². The molecule has 2 aromatic rings. The molecule has 1 aliphatic rings. The lowest BCUT2D eigenvalue weighted by molar-refractivity contribution is -0.140. The SMILES string of the molecule is O=C(NC1(C(=O)NCCCC(F)(F)F)CC1)c1ccc(/C(F)=C/C(c2cc(Cl)c(Cl)c(Cl)c2)C(F)(F)F)cc1C(F)(F)F. The Morgan fingerprint density at radius 2 is 1.51 bits per heavy atom. The van der Waals surface area contributed by atoms with Gasteiger partial charge in [-0.1, -0.05) is 40.9 Å². The first-order valence-electron chi connectivity index (χ1n) is 12.1. The molecule has 1 aliphatic carbocycles. The van der Waals surface area contributed by atoms with E-state index in [1.807, 2.05) is 0 Å². The summed E-state index contributed by atoms with van der Waals surface area (Å²) >= 11 is 17.3. The summed E-state index contributed by atoms with van der Waals surface area (Å²) in [5.41, 5.74) is -6.05. The van der Waals surface area contributed by atoms with Gasteiger partial charge in [-0.25, -0.2) is 4.39 Å². The van der Waals surface area contributed by atoms with Crippen molar-refractivity contribution in [1.82, 2.24) is 10.6 Å². The van der Waals surface area contributed by atoms with Crippen LogP contribution in [0.15, 0.2) is 36.4 Å². The summed E-state index contributed by atoms with van der Waals surface area (Å²) in [6, 6.07) is 2.84. The molecule has 0 spiro atoms. The Hall–Kier alpha value is -2.71. The van der Waals surface area contributed by atoms with E-state index in [1.165, 1.54) is 0 Å². The number of rotatable bonds is 9. The second-order valence-electron chi connectivity index (χ2n) is 9.60. The molecule has 0 bridgehead atoms. The molecule has 0 aliphatic heterocycles. The highest BCUT2D eigenvalue weighted by molar-refractivity contribution is 6.48. The molecule has 3 rings (SSSR count). The Morgan fingerprint density at radius 3 is 2.00 bits per heavy atom. The Bertz CT molecular complexity index is 1390. The second kappa shape index (κ2) is 12.7. The van der Waals surface area contributed by atoms with Gasteiger partial charge in [0.05, 0.1) is 26.2 Å². The van der Waals surface area contributed by atoms with Crippen molar-refractivity contribution in [3.8, 4) is 0 Å². The molecule has 1 fully saturated rings. The molecule has 0 aromatic heterocycles. The van der Waals surface area contributed by atoms with Crippen LogP contribution in [0.3, 0.4) is 0 Å². The van der Waals surface area contributed by atoms with Crippen molar-refractivity contribution in [3.05, 3.63) is 73.7 Å². The largest absolute Gasteiger partial charge is 0.417 e. The van der Waals surface area contributed by atoms with Crippen LogP contribution < -0.4 is 10.6 Å². The molecule has 2 N–H and O–H groups in total. The van der Waals surface area contributed by atoms with E-state index in [4.69, 9.17) is 34.8 Å². The highest BCUT2D eigenvalue weighted by Gasteiger charge is 2.52. The van der Waals surface area contributed by atoms with Crippen LogP contribution in [0, 0.1) is 0 Å². The standard InChI is InChI=1S/C26H19Cl3F10N2O2/c27-17-9-13(10-18(28)20(17)29)15(25(34,35)36)11-19(30)12-2-3-14(16(8-12)26(37,38)39)21(42)41-23(5-6-23)22(43)40-7-1-4-24(31,32)33/h2-3,8-11,15H,1,4-7H2,(H,40,43)(H,41,42)/b19-11-. The fraction of sp³-hybridized carbons (Fsp3) is 0.385. The van der Waals surface area contributed by atoms with Crippen molar-refractivity contribution >= 4 is 52.4 Å². The van der Waals surface area contributed by atoms with Gasteiger partial charge in [0, 0.05) is 18.5 Å². The second-order valence-corrected chi connectivity index (χ2v) is 10.8. The average Bonchev–Trinajstić information content (AvgIpc) is 3.66. The molecule has 0 saturated heterocycles. The third kappa shape index (κ3) is 8.91. The zero-order chi connectivity index (χ0) is 32.5. The van der Waals surface area contributed by atoms with Crippen LogP contribution in [0.25, 0.3) is 5.83 Å². The summed E-state index contributed by atoms with van der Waals surface area (Å²) in [4.78, 5) is 25.2. The van der Waals surface area contributed by atoms with Gasteiger partial charge in [-0.3, -0.25) is 9.59 Å². The Balaban J connectivity index is 1.88. The van der Waals surface area contributed by atoms with Gasteiger partial charge >= 0.3 is 18.5 Å². The molecule has 1 unspecified atom stereocenters. The minimum Gasteiger partial charge on any atom is -0.354 e. The lowest BCUT2D eigenvalue weighted by Crippen LogP contribution is -2.49. The van der Waals surface area contributed by atoms with E-state index in [2.05, 4.69) is 10.6 Å². The summed E-state index contributed by atoms with van der Waals surface area (Å²) in [6.07, 6.45) is -16.6. The number of carbonyl (C=O) groups excluding carboxylic acids is 2. The number of alkyl halides is 9. The monoisotopic (exact) mass is 686 g/mol. The van der Waals surface area contributed by atoms with Gasteiger partial charge in [-0.2, -0.15) is 39.5 Å². The van der Waals surface area contributed by atoms with Crippen molar-refractivity contribution < 1.29 is 53.5 Å². The van der Waals surface area contributed by atoms with Crippen molar-refractivity contribution in [2.75, 3.05) is 6.54 Å². The Morgan fingerprint density at radius 1 is 0.930 bits per heavy atom. The third-order valence-electron chi connectivity index (χ3n) is 6.34. The molecule has 236 valence electrons. The lowest BCUT2D eigenvalue weighted by atomic mass is 9.95. The number of hydrogen-bond acceptors (Lipinski definition) is 2. The smallest absolute Gasteiger partial charge is 0.354 e. The van der Waals surface area contributed by atoms with Crippen LogP contribution in [-0.2, 0) is 11.0 Å². The normalized spacial score (nSPS) is 16.1. The van der Waals surface area contributed by atoms with E-state index >= 15 is 4.39 Å². The Kier molecular flexibility index (Phi) is 10.3. The highest BCUT2D eigenvalue weighted by atomic mass is 35.5. The van der Waals surface area contributed by atoms with Gasteiger partial charge in [-0.05, 0) is 55.2 Å². The number of carbonyl (C=O) groups is 2. The molecular weight excluding hydrogens is 669 g/mol. The molecule has 2 amide bonds. The van der Waals surface area contributed by atoms with Gasteiger partial charge in [-0.15, -0.1) is 0 Å². The number of nitrogens with one attached hydrogen (secondary N) is 2. The van der Waals surface area contributed by atoms with Crippen LogP contribution in [0.5, 0.6) is 0 Å². The molecular formula is C26H19Cl3F10N2O2. The third-order valence-corrected chi connectivity index (χ3v) is 7.53. The van der Waals surface area contributed by atoms with Crippen molar-refractivity contribution in [3.63, 3.8) is 0 Å². The summed E-state index contributed by atoms with van der Waals surface area (Å²) < 4.78 is 135. The van der Waals surface area contributed by atoms with Gasteiger partial charge in [0.15, 0.2) is 0 Å². The first-order chi connectivity index (χ1) is 19.6. The van der Waals surface area contributed by atoms with Crippen LogP contribution in [0.2, 0.25) is 15.1 Å². The minimum absolute atomic E-state index is 0.00738. The molecule has 4 nitrogen and oxygen atoms in total. The zero-order valence-corrected chi connectivity index (χ0v) is 23.6. The van der Waals surface area contributed by atoms with Crippen LogP contribution >= 0.6 is 34.8 Å². The number of benzene rings is 2. The molecule has 43 heavy (non-hydrogen) atoms. The molecule has 2 aromatic carbocycles. The van der Waals surface area contributed by atoms with Crippen molar-refractivity contribution in [2.24, 2.45) is 0 Å². The van der Waals surface area contributed by atoms with E-state index in [9.17, 15) is 49.1 Å².